The van der Waals surface area contributed by atoms with Gasteiger partial charge in [-0.2, -0.15) is 0 Å². The molecule has 0 unspecified atom stereocenters. The van der Waals surface area contributed by atoms with Gasteiger partial charge in [0, 0.05) is 52.7 Å². The van der Waals surface area contributed by atoms with Crippen LogP contribution in [-0.4, -0.2) is 59.8 Å². The molecule has 0 heterocycles. The fourth-order valence-electron chi connectivity index (χ4n) is 1.63. The maximum absolute atomic E-state index is 12.1. The highest BCUT2D eigenvalue weighted by molar-refractivity contribution is 6.13. The van der Waals surface area contributed by atoms with Crippen molar-refractivity contribution >= 4 is 11.6 Å². The van der Waals surface area contributed by atoms with Crippen molar-refractivity contribution in [2.24, 2.45) is 0 Å². The molecule has 1 aromatic carbocycles. The lowest BCUT2D eigenvalue weighted by Gasteiger charge is -2.09. The summed E-state index contributed by atoms with van der Waals surface area (Å²) in [6.45, 7) is 0. The first kappa shape index (κ1) is 17.3. The van der Waals surface area contributed by atoms with Gasteiger partial charge in [0.15, 0.2) is 11.6 Å². The lowest BCUT2D eigenvalue weighted by atomic mass is 10.0. The van der Waals surface area contributed by atoms with Crippen LogP contribution < -0.4 is 0 Å². The molecule has 0 aliphatic heterocycles. The van der Waals surface area contributed by atoms with Crippen LogP contribution in [0.1, 0.15) is 20.7 Å². The highest BCUT2D eigenvalue weighted by Gasteiger charge is 2.20. The van der Waals surface area contributed by atoms with Gasteiger partial charge in [0.25, 0.3) is 0 Å². The number of allylic oxidation sites excluding steroid dienone is 2. The lowest BCUT2D eigenvalue weighted by molar-refractivity contribution is 0.104. The zero-order chi connectivity index (χ0) is 16.9. The zero-order valence-electron chi connectivity index (χ0n) is 13.1. The Kier molecular flexibility index (Phi) is 5.74. The highest BCUT2D eigenvalue weighted by Crippen LogP contribution is 2.31. The van der Waals surface area contributed by atoms with E-state index >= 15 is 0 Å². The Balaban J connectivity index is 3.23. The first-order chi connectivity index (χ1) is 10.2. The van der Waals surface area contributed by atoms with E-state index in [0.717, 1.165) is 0 Å². The van der Waals surface area contributed by atoms with E-state index < -0.39 is 17.3 Å². The molecule has 0 aromatic heterocycles. The SMILES string of the molecule is CN(C)/C=C/C(=O)c1ccc(O)c(C(=O)/C=C/N(C)C)c1O. The van der Waals surface area contributed by atoms with Crippen molar-refractivity contribution in [3.8, 4) is 11.5 Å². The van der Waals surface area contributed by atoms with Crippen molar-refractivity contribution in [3.63, 3.8) is 0 Å². The molecule has 0 amide bonds. The molecule has 0 bridgehead atoms. The molecule has 1 rings (SSSR count). The molecule has 0 aliphatic carbocycles. The van der Waals surface area contributed by atoms with Gasteiger partial charge in [-0.15, -0.1) is 0 Å². The summed E-state index contributed by atoms with van der Waals surface area (Å²) >= 11 is 0. The molecule has 0 radical (unpaired) electrons. The fourth-order valence-corrected chi connectivity index (χ4v) is 1.63. The maximum Gasteiger partial charge on any atom is 0.194 e. The van der Waals surface area contributed by atoms with Gasteiger partial charge in [0.2, 0.25) is 0 Å². The third-order valence-electron chi connectivity index (χ3n) is 2.72. The highest BCUT2D eigenvalue weighted by atomic mass is 16.3. The number of phenols is 2. The van der Waals surface area contributed by atoms with Crippen molar-refractivity contribution in [1.29, 1.82) is 0 Å². The molecular formula is C16H20N2O4. The molecule has 6 nitrogen and oxygen atoms in total. The van der Waals surface area contributed by atoms with Crippen molar-refractivity contribution in [3.05, 3.63) is 47.8 Å². The molecule has 22 heavy (non-hydrogen) atoms. The molecule has 1 aromatic rings. The van der Waals surface area contributed by atoms with Crippen LogP contribution in [0.25, 0.3) is 0 Å². The van der Waals surface area contributed by atoms with Gasteiger partial charge in [-0.05, 0) is 12.1 Å². The van der Waals surface area contributed by atoms with Gasteiger partial charge in [-0.1, -0.05) is 0 Å². The smallest absolute Gasteiger partial charge is 0.194 e. The number of phenolic OH excluding ortho intramolecular Hbond substituents is 2. The van der Waals surface area contributed by atoms with Crippen LogP contribution in [0.2, 0.25) is 0 Å². The van der Waals surface area contributed by atoms with E-state index in [9.17, 15) is 19.8 Å². The third kappa shape index (κ3) is 4.37. The van der Waals surface area contributed by atoms with E-state index in [1.165, 1.54) is 36.7 Å². The average Bonchev–Trinajstić information content (AvgIpc) is 2.42. The van der Waals surface area contributed by atoms with E-state index in [1.807, 2.05) is 0 Å². The van der Waals surface area contributed by atoms with Crippen LogP contribution in [0.4, 0.5) is 0 Å². The molecule has 118 valence electrons. The van der Waals surface area contributed by atoms with Crippen LogP contribution in [0.3, 0.4) is 0 Å². The van der Waals surface area contributed by atoms with Crippen LogP contribution >= 0.6 is 0 Å². The minimum atomic E-state index is -0.588. The minimum absolute atomic E-state index is 0.0440. The Bertz CT molecular complexity index is 631. The number of benzene rings is 1. The second kappa shape index (κ2) is 7.31. The Morgan fingerprint density at radius 1 is 0.909 bits per heavy atom. The van der Waals surface area contributed by atoms with Gasteiger partial charge in [0.05, 0.1) is 5.56 Å². The summed E-state index contributed by atoms with van der Waals surface area (Å²) in [5.41, 5.74) is -0.334. The summed E-state index contributed by atoms with van der Waals surface area (Å²) in [5, 5.41) is 19.9. The molecule has 2 N–H and O–H groups in total. The van der Waals surface area contributed by atoms with E-state index in [4.69, 9.17) is 0 Å². The summed E-state index contributed by atoms with van der Waals surface area (Å²) in [6, 6.07) is 2.49. The fraction of sp³-hybridized carbons (Fsp3) is 0.250. The predicted molar refractivity (Wildman–Crippen MR) is 84.1 cm³/mol. The van der Waals surface area contributed by atoms with Crippen molar-refractivity contribution in [2.75, 3.05) is 28.2 Å². The Labute approximate surface area is 129 Å². The standard InChI is InChI=1S/C16H20N2O4/c1-17(2)9-7-12(19)11-5-6-13(20)15(16(11)22)14(21)8-10-18(3)4/h5-10,20,22H,1-4H3/b9-7+,10-8+. The molecular weight excluding hydrogens is 284 g/mol. The number of rotatable bonds is 6. The molecule has 0 aliphatic rings. The van der Waals surface area contributed by atoms with Gasteiger partial charge in [-0.3, -0.25) is 9.59 Å². The quantitative estimate of drug-likeness (QED) is 0.614. The summed E-state index contributed by atoms with van der Waals surface area (Å²) in [4.78, 5) is 27.4. The molecule has 0 fully saturated rings. The van der Waals surface area contributed by atoms with E-state index in [-0.39, 0.29) is 16.9 Å². The molecule has 6 heteroatoms. The van der Waals surface area contributed by atoms with Crippen molar-refractivity contribution in [2.45, 2.75) is 0 Å². The van der Waals surface area contributed by atoms with Crippen LogP contribution in [0, 0.1) is 0 Å². The number of carbonyl (C=O) groups is 2. The van der Waals surface area contributed by atoms with E-state index in [1.54, 1.807) is 38.0 Å². The van der Waals surface area contributed by atoms with Crippen LogP contribution in [0.15, 0.2) is 36.7 Å². The van der Waals surface area contributed by atoms with Crippen LogP contribution in [-0.2, 0) is 0 Å². The van der Waals surface area contributed by atoms with Gasteiger partial charge >= 0.3 is 0 Å². The average molecular weight is 304 g/mol. The number of hydrogen-bond acceptors (Lipinski definition) is 6. The largest absolute Gasteiger partial charge is 0.507 e. The number of carbonyl (C=O) groups excluding carboxylic acids is 2. The van der Waals surface area contributed by atoms with E-state index in [0.29, 0.717) is 0 Å². The van der Waals surface area contributed by atoms with Crippen molar-refractivity contribution < 1.29 is 19.8 Å². The second-order valence-corrected chi connectivity index (χ2v) is 5.14. The molecule has 0 saturated carbocycles. The monoisotopic (exact) mass is 304 g/mol. The predicted octanol–water partition coefficient (Wildman–Crippen LogP) is 1.61. The number of aromatic hydroxyl groups is 2. The first-order valence-corrected chi connectivity index (χ1v) is 6.57. The summed E-state index contributed by atoms with van der Waals surface area (Å²) in [5.74, 6) is -1.95. The number of hydrogen-bond donors (Lipinski definition) is 2. The summed E-state index contributed by atoms with van der Waals surface area (Å²) in [7, 11) is 6.97. The van der Waals surface area contributed by atoms with E-state index in [2.05, 4.69) is 0 Å². The Hall–Kier alpha value is -2.76. The normalized spacial score (nSPS) is 11.1. The third-order valence-corrected chi connectivity index (χ3v) is 2.72. The summed E-state index contributed by atoms with van der Waals surface area (Å²) < 4.78 is 0. The first-order valence-electron chi connectivity index (χ1n) is 6.57. The molecule has 0 spiro atoms. The van der Waals surface area contributed by atoms with Crippen LogP contribution in [0.5, 0.6) is 11.5 Å². The topological polar surface area (TPSA) is 81.1 Å². The van der Waals surface area contributed by atoms with Gasteiger partial charge in [-0.25, -0.2) is 0 Å². The lowest BCUT2D eigenvalue weighted by Crippen LogP contribution is -2.06. The van der Waals surface area contributed by atoms with Gasteiger partial charge < -0.3 is 20.0 Å². The van der Waals surface area contributed by atoms with Crippen molar-refractivity contribution in [1.82, 2.24) is 9.80 Å². The Morgan fingerprint density at radius 2 is 1.41 bits per heavy atom. The number of ketones is 2. The van der Waals surface area contributed by atoms with Gasteiger partial charge in [0.1, 0.15) is 17.1 Å². The Morgan fingerprint density at radius 3 is 1.91 bits per heavy atom. The molecule has 0 atom stereocenters. The number of nitrogens with zero attached hydrogens (tertiary/aromatic N) is 2. The molecule has 0 saturated heterocycles. The summed E-state index contributed by atoms with van der Waals surface area (Å²) in [6.07, 6.45) is 5.50. The second-order valence-electron chi connectivity index (χ2n) is 5.14. The maximum atomic E-state index is 12.1. The zero-order valence-corrected chi connectivity index (χ0v) is 13.1. The minimum Gasteiger partial charge on any atom is -0.507 e.